The van der Waals surface area contributed by atoms with Crippen LogP contribution in [0, 0.1) is 6.92 Å². The minimum atomic E-state index is -0.452. The molecule has 0 aliphatic rings. The summed E-state index contributed by atoms with van der Waals surface area (Å²) < 4.78 is 10.6. The molecule has 6 nitrogen and oxygen atoms in total. The molecule has 2 N–H and O–H groups in total. The minimum Gasteiger partial charge on any atom is -0.493 e. The molecule has 0 aromatic heterocycles. The van der Waals surface area contributed by atoms with Crippen LogP contribution in [0.4, 0.5) is 0 Å². The maximum atomic E-state index is 12.3. The number of methoxy groups -OCH3 is 2. The van der Waals surface area contributed by atoms with Gasteiger partial charge < -0.3 is 20.1 Å². The highest BCUT2D eigenvalue weighted by atomic mass is 35.5. The first kappa shape index (κ1) is 21.9. The summed E-state index contributed by atoms with van der Waals surface area (Å²) in [5.41, 5.74) is 2.09. The van der Waals surface area contributed by atoms with Gasteiger partial charge in [-0.05, 0) is 55.3 Å². The van der Waals surface area contributed by atoms with Crippen molar-refractivity contribution >= 4 is 35.0 Å². The summed E-state index contributed by atoms with van der Waals surface area (Å²) in [4.78, 5) is 24.5. The van der Waals surface area contributed by atoms with Crippen LogP contribution in [0.5, 0.6) is 11.5 Å². The summed E-state index contributed by atoms with van der Waals surface area (Å²) >= 11 is 11.8. The second kappa shape index (κ2) is 9.66. The van der Waals surface area contributed by atoms with E-state index in [1.807, 2.05) is 26.0 Å². The fourth-order valence-corrected chi connectivity index (χ4v) is 3.26. The SMILES string of the molecule is COc1cc(C)c(C(C)NC(=O)CNC(=O)c2ccc(Cl)cc2Cl)cc1OC. The third-order valence-electron chi connectivity index (χ3n) is 4.20. The number of aryl methyl sites for hydroxylation is 1. The molecule has 0 saturated heterocycles. The maximum Gasteiger partial charge on any atom is 0.253 e. The highest BCUT2D eigenvalue weighted by Crippen LogP contribution is 2.32. The lowest BCUT2D eigenvalue weighted by Gasteiger charge is -2.19. The summed E-state index contributed by atoms with van der Waals surface area (Å²) in [6, 6.07) is 7.92. The van der Waals surface area contributed by atoms with Gasteiger partial charge in [0.15, 0.2) is 11.5 Å². The first-order valence-electron chi connectivity index (χ1n) is 8.52. The van der Waals surface area contributed by atoms with Gasteiger partial charge in [0.25, 0.3) is 5.91 Å². The second-order valence-electron chi connectivity index (χ2n) is 6.16. The van der Waals surface area contributed by atoms with Gasteiger partial charge in [0.05, 0.1) is 37.4 Å². The van der Waals surface area contributed by atoms with Crippen molar-refractivity contribution in [2.75, 3.05) is 20.8 Å². The standard InChI is InChI=1S/C20H22Cl2N2O4/c1-11-7-17(27-3)18(28-4)9-15(11)12(2)24-19(25)10-23-20(26)14-6-5-13(21)8-16(14)22/h5-9,12H,10H2,1-4H3,(H,23,26)(H,24,25). The van der Waals surface area contributed by atoms with E-state index in [4.69, 9.17) is 32.7 Å². The molecule has 28 heavy (non-hydrogen) atoms. The Morgan fingerprint density at radius 1 is 1.07 bits per heavy atom. The molecular weight excluding hydrogens is 403 g/mol. The molecule has 2 aromatic carbocycles. The Kier molecular flexibility index (Phi) is 7.54. The second-order valence-corrected chi connectivity index (χ2v) is 7.00. The van der Waals surface area contributed by atoms with Gasteiger partial charge in [-0.25, -0.2) is 0 Å². The van der Waals surface area contributed by atoms with Crippen LogP contribution in [0.25, 0.3) is 0 Å². The third kappa shape index (κ3) is 5.30. The number of amides is 2. The van der Waals surface area contributed by atoms with Crippen molar-refractivity contribution in [1.82, 2.24) is 10.6 Å². The number of hydrogen-bond acceptors (Lipinski definition) is 4. The zero-order valence-corrected chi connectivity index (χ0v) is 17.6. The molecule has 0 heterocycles. The molecule has 150 valence electrons. The maximum absolute atomic E-state index is 12.3. The van der Waals surface area contributed by atoms with E-state index in [0.29, 0.717) is 16.5 Å². The van der Waals surface area contributed by atoms with Crippen molar-refractivity contribution in [2.45, 2.75) is 19.9 Å². The number of carbonyl (C=O) groups is 2. The van der Waals surface area contributed by atoms with E-state index in [9.17, 15) is 9.59 Å². The van der Waals surface area contributed by atoms with E-state index in [1.54, 1.807) is 20.3 Å². The van der Waals surface area contributed by atoms with Crippen molar-refractivity contribution in [3.05, 3.63) is 57.1 Å². The first-order valence-corrected chi connectivity index (χ1v) is 9.27. The molecule has 0 saturated carbocycles. The van der Waals surface area contributed by atoms with Crippen molar-refractivity contribution in [3.63, 3.8) is 0 Å². The minimum absolute atomic E-state index is 0.186. The predicted octanol–water partition coefficient (Wildman–Crippen LogP) is 3.93. The lowest BCUT2D eigenvalue weighted by atomic mass is 10.0. The Balaban J connectivity index is 2.00. The van der Waals surface area contributed by atoms with E-state index in [1.165, 1.54) is 12.1 Å². The van der Waals surface area contributed by atoms with E-state index < -0.39 is 5.91 Å². The van der Waals surface area contributed by atoms with Crippen LogP contribution in [-0.4, -0.2) is 32.6 Å². The summed E-state index contributed by atoms with van der Waals surface area (Å²) in [6.07, 6.45) is 0. The molecular formula is C20H22Cl2N2O4. The molecule has 0 radical (unpaired) electrons. The summed E-state index contributed by atoms with van der Waals surface area (Å²) in [6.45, 7) is 3.59. The van der Waals surface area contributed by atoms with Gasteiger partial charge in [0.1, 0.15) is 0 Å². The number of halogens is 2. The van der Waals surface area contributed by atoms with Gasteiger partial charge in [-0.1, -0.05) is 23.2 Å². The summed E-state index contributed by atoms with van der Waals surface area (Å²) in [5, 5.41) is 6.05. The lowest BCUT2D eigenvalue weighted by Crippen LogP contribution is -2.38. The normalized spacial score (nSPS) is 11.5. The van der Waals surface area contributed by atoms with Crippen LogP contribution in [-0.2, 0) is 4.79 Å². The molecule has 2 aromatic rings. The fraction of sp³-hybridized carbons (Fsp3) is 0.300. The van der Waals surface area contributed by atoms with Crippen molar-refractivity contribution in [2.24, 2.45) is 0 Å². The number of hydrogen-bond donors (Lipinski definition) is 2. The Labute approximate surface area is 174 Å². The number of benzene rings is 2. The van der Waals surface area contributed by atoms with Gasteiger partial charge in [0, 0.05) is 5.02 Å². The molecule has 0 spiro atoms. The highest BCUT2D eigenvalue weighted by Gasteiger charge is 2.17. The predicted molar refractivity (Wildman–Crippen MR) is 110 cm³/mol. The zero-order chi connectivity index (χ0) is 20.8. The Morgan fingerprint density at radius 3 is 2.32 bits per heavy atom. The van der Waals surface area contributed by atoms with Crippen molar-refractivity contribution in [1.29, 1.82) is 0 Å². The van der Waals surface area contributed by atoms with E-state index in [-0.39, 0.29) is 29.1 Å². The van der Waals surface area contributed by atoms with Gasteiger partial charge in [0.2, 0.25) is 5.91 Å². The quantitative estimate of drug-likeness (QED) is 0.705. The van der Waals surface area contributed by atoms with Crippen LogP contribution in [0.3, 0.4) is 0 Å². The van der Waals surface area contributed by atoms with E-state index in [2.05, 4.69) is 10.6 Å². The lowest BCUT2D eigenvalue weighted by molar-refractivity contribution is -0.120. The highest BCUT2D eigenvalue weighted by molar-refractivity contribution is 6.36. The van der Waals surface area contributed by atoms with Crippen molar-refractivity contribution < 1.29 is 19.1 Å². The van der Waals surface area contributed by atoms with Gasteiger partial charge in [-0.3, -0.25) is 9.59 Å². The molecule has 2 amide bonds. The van der Waals surface area contributed by atoms with Gasteiger partial charge in [-0.2, -0.15) is 0 Å². The number of ether oxygens (including phenoxy) is 2. The molecule has 1 atom stereocenters. The topological polar surface area (TPSA) is 76.7 Å². The zero-order valence-electron chi connectivity index (χ0n) is 16.1. The van der Waals surface area contributed by atoms with Crippen LogP contribution in [0.15, 0.2) is 30.3 Å². The van der Waals surface area contributed by atoms with Gasteiger partial charge in [-0.15, -0.1) is 0 Å². The largest absolute Gasteiger partial charge is 0.493 e. The number of rotatable bonds is 7. The monoisotopic (exact) mass is 424 g/mol. The number of carbonyl (C=O) groups excluding carboxylic acids is 2. The molecule has 0 fully saturated rings. The Hall–Kier alpha value is -2.44. The smallest absolute Gasteiger partial charge is 0.253 e. The van der Waals surface area contributed by atoms with Crippen LogP contribution >= 0.6 is 23.2 Å². The molecule has 2 rings (SSSR count). The van der Waals surface area contributed by atoms with Crippen LogP contribution < -0.4 is 20.1 Å². The summed E-state index contributed by atoms with van der Waals surface area (Å²) in [7, 11) is 3.12. The molecule has 0 aliphatic carbocycles. The van der Waals surface area contributed by atoms with Gasteiger partial charge >= 0.3 is 0 Å². The molecule has 8 heteroatoms. The Bertz CT molecular complexity index is 887. The average Bonchev–Trinajstić information content (AvgIpc) is 2.65. The van der Waals surface area contributed by atoms with E-state index >= 15 is 0 Å². The van der Waals surface area contributed by atoms with Crippen molar-refractivity contribution in [3.8, 4) is 11.5 Å². The summed E-state index contributed by atoms with van der Waals surface area (Å²) in [5.74, 6) is 0.413. The molecule has 0 bridgehead atoms. The third-order valence-corrected chi connectivity index (χ3v) is 4.75. The fourth-order valence-electron chi connectivity index (χ4n) is 2.76. The van der Waals surface area contributed by atoms with E-state index in [0.717, 1.165) is 11.1 Å². The average molecular weight is 425 g/mol. The molecule has 1 unspecified atom stereocenters. The first-order chi connectivity index (χ1) is 13.3. The number of nitrogens with one attached hydrogen (secondary N) is 2. The molecule has 0 aliphatic heterocycles. The van der Waals surface area contributed by atoms with Crippen LogP contribution in [0.1, 0.15) is 34.5 Å². The van der Waals surface area contributed by atoms with Crippen LogP contribution in [0.2, 0.25) is 10.0 Å². The Morgan fingerprint density at radius 2 is 1.71 bits per heavy atom.